The Hall–Kier alpha value is -3.19. The lowest BCUT2D eigenvalue weighted by molar-refractivity contribution is -0.0276. The molecule has 0 N–H and O–H groups in total. The van der Waals surface area contributed by atoms with Crippen molar-refractivity contribution in [2.24, 2.45) is 0 Å². The quantitative estimate of drug-likeness (QED) is 0.707. The molecule has 3 aromatic rings. The van der Waals surface area contributed by atoms with E-state index in [-0.39, 0.29) is 5.91 Å². The standard InChI is InChI=1S/C20H19N3O4/c1-25-16-9-7-15(8-10-16)20(24)23-11-12-26-17(13-23)18-21-19(27-22-18)14-5-3-2-4-6-14/h2-10,17H,11-13H2,1H3. The summed E-state index contributed by atoms with van der Waals surface area (Å²) in [6.07, 6.45) is -0.415. The second kappa shape index (κ2) is 7.59. The van der Waals surface area contributed by atoms with Gasteiger partial charge >= 0.3 is 0 Å². The molecule has 1 unspecified atom stereocenters. The molecule has 27 heavy (non-hydrogen) atoms. The van der Waals surface area contributed by atoms with Crippen LogP contribution in [0.3, 0.4) is 0 Å². The molecule has 7 nitrogen and oxygen atoms in total. The van der Waals surface area contributed by atoms with Gasteiger partial charge in [0.2, 0.25) is 5.82 Å². The van der Waals surface area contributed by atoms with E-state index in [1.54, 1.807) is 36.3 Å². The fourth-order valence-electron chi connectivity index (χ4n) is 2.97. The van der Waals surface area contributed by atoms with Gasteiger partial charge in [-0.15, -0.1) is 0 Å². The van der Waals surface area contributed by atoms with Crippen LogP contribution in [0.15, 0.2) is 59.1 Å². The molecule has 1 aromatic heterocycles. The number of amides is 1. The number of nitrogens with zero attached hydrogens (tertiary/aromatic N) is 3. The van der Waals surface area contributed by atoms with Gasteiger partial charge in [-0.25, -0.2) is 0 Å². The third kappa shape index (κ3) is 3.68. The van der Waals surface area contributed by atoms with E-state index in [0.29, 0.717) is 42.7 Å². The van der Waals surface area contributed by atoms with Crippen LogP contribution in [0.25, 0.3) is 11.5 Å². The number of hydrogen-bond acceptors (Lipinski definition) is 6. The van der Waals surface area contributed by atoms with Gasteiger partial charge < -0.3 is 18.9 Å². The Morgan fingerprint density at radius 2 is 1.93 bits per heavy atom. The lowest BCUT2D eigenvalue weighted by atomic mass is 10.1. The first kappa shape index (κ1) is 17.2. The van der Waals surface area contributed by atoms with E-state index in [1.165, 1.54) is 0 Å². The van der Waals surface area contributed by atoms with Crippen molar-refractivity contribution in [2.75, 3.05) is 26.8 Å². The van der Waals surface area contributed by atoms with Crippen LogP contribution in [-0.2, 0) is 4.74 Å². The van der Waals surface area contributed by atoms with Crippen molar-refractivity contribution < 1.29 is 18.8 Å². The third-order valence-electron chi connectivity index (χ3n) is 4.44. The number of carbonyl (C=O) groups excluding carboxylic acids is 1. The van der Waals surface area contributed by atoms with Crippen molar-refractivity contribution in [3.8, 4) is 17.2 Å². The zero-order chi connectivity index (χ0) is 18.6. The molecule has 1 aliphatic heterocycles. The van der Waals surface area contributed by atoms with E-state index in [9.17, 15) is 4.79 Å². The van der Waals surface area contributed by atoms with Crippen LogP contribution >= 0.6 is 0 Å². The molecule has 2 aromatic carbocycles. The Morgan fingerprint density at radius 3 is 2.67 bits per heavy atom. The lowest BCUT2D eigenvalue weighted by Gasteiger charge is -2.31. The lowest BCUT2D eigenvalue weighted by Crippen LogP contribution is -2.42. The number of aromatic nitrogens is 2. The normalized spacial score (nSPS) is 16.9. The molecular weight excluding hydrogens is 346 g/mol. The third-order valence-corrected chi connectivity index (χ3v) is 4.44. The number of morpholine rings is 1. The van der Waals surface area contributed by atoms with Crippen LogP contribution in [0, 0.1) is 0 Å². The van der Waals surface area contributed by atoms with Crippen LogP contribution in [0.4, 0.5) is 0 Å². The van der Waals surface area contributed by atoms with Gasteiger partial charge in [-0.3, -0.25) is 4.79 Å². The molecule has 7 heteroatoms. The van der Waals surface area contributed by atoms with E-state index in [2.05, 4.69) is 10.1 Å². The maximum absolute atomic E-state index is 12.8. The van der Waals surface area contributed by atoms with Gasteiger partial charge in [-0.1, -0.05) is 23.4 Å². The first-order valence-corrected chi connectivity index (χ1v) is 8.68. The summed E-state index contributed by atoms with van der Waals surface area (Å²) < 4.78 is 16.3. The van der Waals surface area contributed by atoms with E-state index >= 15 is 0 Å². The molecule has 0 saturated carbocycles. The Bertz CT molecular complexity index is 908. The molecule has 1 fully saturated rings. The van der Waals surface area contributed by atoms with Crippen molar-refractivity contribution in [1.29, 1.82) is 0 Å². The smallest absolute Gasteiger partial charge is 0.258 e. The number of methoxy groups -OCH3 is 1. The number of carbonyl (C=O) groups is 1. The van der Waals surface area contributed by atoms with Crippen LogP contribution in [0.1, 0.15) is 22.3 Å². The van der Waals surface area contributed by atoms with Gasteiger partial charge in [0.1, 0.15) is 11.9 Å². The second-order valence-corrected chi connectivity index (χ2v) is 6.16. The first-order chi connectivity index (χ1) is 13.2. The van der Waals surface area contributed by atoms with Gasteiger partial charge in [-0.05, 0) is 36.4 Å². The minimum absolute atomic E-state index is 0.0577. The van der Waals surface area contributed by atoms with Gasteiger partial charge in [0.15, 0.2) is 0 Å². The molecule has 1 amide bonds. The molecule has 138 valence electrons. The average Bonchev–Trinajstić information content (AvgIpc) is 3.24. The molecule has 1 aliphatic rings. The highest BCUT2D eigenvalue weighted by molar-refractivity contribution is 5.94. The number of ether oxygens (including phenoxy) is 2. The molecule has 2 heterocycles. The van der Waals surface area contributed by atoms with Crippen LogP contribution in [0.2, 0.25) is 0 Å². The summed E-state index contributed by atoms with van der Waals surface area (Å²) in [5.74, 6) is 1.54. The van der Waals surface area contributed by atoms with E-state index in [4.69, 9.17) is 14.0 Å². The number of benzene rings is 2. The van der Waals surface area contributed by atoms with E-state index in [1.807, 2.05) is 30.3 Å². The maximum Gasteiger partial charge on any atom is 0.258 e. The molecular formula is C20H19N3O4. The second-order valence-electron chi connectivity index (χ2n) is 6.16. The Kier molecular flexibility index (Phi) is 4.84. The Balaban J connectivity index is 1.48. The van der Waals surface area contributed by atoms with Gasteiger partial charge in [-0.2, -0.15) is 4.98 Å². The highest BCUT2D eigenvalue weighted by Crippen LogP contribution is 2.24. The molecule has 0 radical (unpaired) electrons. The summed E-state index contributed by atoms with van der Waals surface area (Å²) >= 11 is 0. The van der Waals surface area contributed by atoms with Crippen molar-refractivity contribution in [3.63, 3.8) is 0 Å². The maximum atomic E-state index is 12.8. The summed E-state index contributed by atoms with van der Waals surface area (Å²) in [6, 6.07) is 16.6. The Labute approximate surface area is 156 Å². The van der Waals surface area contributed by atoms with Crippen molar-refractivity contribution >= 4 is 5.91 Å². The monoisotopic (exact) mass is 365 g/mol. The van der Waals surface area contributed by atoms with Gasteiger partial charge in [0.05, 0.1) is 20.3 Å². The van der Waals surface area contributed by atoms with Crippen LogP contribution < -0.4 is 4.74 Å². The van der Waals surface area contributed by atoms with E-state index in [0.717, 1.165) is 5.56 Å². The van der Waals surface area contributed by atoms with Gasteiger partial charge in [0.25, 0.3) is 11.8 Å². The van der Waals surface area contributed by atoms with Crippen LogP contribution in [0.5, 0.6) is 5.75 Å². The number of hydrogen-bond donors (Lipinski definition) is 0. The zero-order valence-corrected chi connectivity index (χ0v) is 14.9. The zero-order valence-electron chi connectivity index (χ0n) is 14.9. The summed E-state index contributed by atoms with van der Waals surface area (Å²) in [6.45, 7) is 1.31. The summed E-state index contributed by atoms with van der Waals surface area (Å²) in [5.41, 5.74) is 1.45. The van der Waals surface area contributed by atoms with E-state index < -0.39 is 6.10 Å². The highest BCUT2D eigenvalue weighted by atomic mass is 16.5. The van der Waals surface area contributed by atoms with Gasteiger partial charge in [0, 0.05) is 17.7 Å². The fraction of sp³-hybridized carbons (Fsp3) is 0.250. The fourth-order valence-corrected chi connectivity index (χ4v) is 2.97. The average molecular weight is 365 g/mol. The molecule has 0 aliphatic carbocycles. The molecule has 0 spiro atoms. The van der Waals surface area contributed by atoms with Crippen molar-refractivity contribution in [1.82, 2.24) is 15.0 Å². The predicted octanol–water partition coefficient (Wildman–Crippen LogP) is 2.96. The predicted molar refractivity (Wildman–Crippen MR) is 97.3 cm³/mol. The minimum atomic E-state index is -0.415. The SMILES string of the molecule is COc1ccc(C(=O)N2CCOC(c3noc(-c4ccccc4)n3)C2)cc1. The largest absolute Gasteiger partial charge is 0.497 e. The van der Waals surface area contributed by atoms with Crippen molar-refractivity contribution in [3.05, 3.63) is 66.0 Å². The molecule has 1 saturated heterocycles. The Morgan fingerprint density at radius 1 is 1.15 bits per heavy atom. The van der Waals surface area contributed by atoms with Crippen molar-refractivity contribution in [2.45, 2.75) is 6.10 Å². The first-order valence-electron chi connectivity index (χ1n) is 8.68. The number of rotatable bonds is 4. The summed E-state index contributed by atoms with van der Waals surface area (Å²) in [4.78, 5) is 18.9. The summed E-state index contributed by atoms with van der Waals surface area (Å²) in [7, 11) is 1.60. The molecule has 4 rings (SSSR count). The molecule has 0 bridgehead atoms. The van der Waals surface area contributed by atoms with Crippen LogP contribution in [-0.4, -0.2) is 47.8 Å². The molecule has 1 atom stereocenters. The highest BCUT2D eigenvalue weighted by Gasteiger charge is 2.29. The minimum Gasteiger partial charge on any atom is -0.497 e. The topological polar surface area (TPSA) is 77.7 Å². The summed E-state index contributed by atoms with van der Waals surface area (Å²) in [5, 5.41) is 4.04.